The number of furan rings is 1. The molecule has 0 bridgehead atoms. The molecule has 5 rings (SSSR count). The molecule has 0 aliphatic carbocycles. The maximum atomic E-state index is 13.2. The second-order valence-corrected chi connectivity index (χ2v) is 7.11. The highest BCUT2D eigenvalue weighted by Gasteiger charge is 2.31. The van der Waals surface area contributed by atoms with Gasteiger partial charge in [0.05, 0.1) is 29.4 Å². The quantitative estimate of drug-likeness (QED) is 0.494. The van der Waals surface area contributed by atoms with Crippen LogP contribution in [-0.4, -0.2) is 28.7 Å². The number of nitrogens with zero attached hydrogens (tertiary/aromatic N) is 2. The molecule has 2 aromatic heterocycles. The van der Waals surface area contributed by atoms with E-state index in [9.17, 15) is 18.0 Å². The van der Waals surface area contributed by atoms with Gasteiger partial charge in [-0.15, -0.1) is 0 Å². The van der Waals surface area contributed by atoms with Crippen LogP contribution >= 0.6 is 0 Å². The lowest BCUT2D eigenvalue weighted by Crippen LogP contribution is -2.18. The maximum Gasteiger partial charge on any atom is 0.416 e. The first-order valence-corrected chi connectivity index (χ1v) is 9.69. The Balaban J connectivity index is 1.52. The normalized spacial score (nSPS) is 13.3. The largest absolute Gasteiger partial charge is 0.486 e. The molecule has 0 atom stereocenters. The van der Waals surface area contributed by atoms with E-state index in [0.29, 0.717) is 41.6 Å². The number of imidazole rings is 1. The van der Waals surface area contributed by atoms with E-state index in [4.69, 9.17) is 13.9 Å². The third-order valence-electron chi connectivity index (χ3n) is 5.00. The van der Waals surface area contributed by atoms with Crippen LogP contribution < -0.4 is 14.8 Å². The van der Waals surface area contributed by atoms with Crippen molar-refractivity contribution in [2.45, 2.75) is 12.7 Å². The molecule has 0 spiro atoms. The van der Waals surface area contributed by atoms with Gasteiger partial charge in [0.25, 0.3) is 5.91 Å². The Morgan fingerprint density at radius 1 is 1.06 bits per heavy atom. The van der Waals surface area contributed by atoms with Gasteiger partial charge in [0.2, 0.25) is 5.95 Å². The minimum atomic E-state index is -4.51. The molecule has 164 valence electrons. The van der Waals surface area contributed by atoms with E-state index >= 15 is 0 Å². The van der Waals surface area contributed by atoms with E-state index in [-0.39, 0.29) is 18.0 Å². The zero-order valence-corrected chi connectivity index (χ0v) is 16.5. The second kappa shape index (κ2) is 7.63. The monoisotopic (exact) mass is 443 g/mol. The van der Waals surface area contributed by atoms with Crippen LogP contribution in [0.3, 0.4) is 0 Å². The van der Waals surface area contributed by atoms with Crippen molar-refractivity contribution in [2.24, 2.45) is 0 Å². The topological polar surface area (TPSA) is 78.5 Å². The minimum absolute atomic E-state index is 0.0932. The predicted molar refractivity (Wildman–Crippen MR) is 108 cm³/mol. The number of halogens is 3. The Hall–Kier alpha value is -3.95. The van der Waals surface area contributed by atoms with Crippen LogP contribution in [0.5, 0.6) is 11.5 Å². The number of ether oxygens (including phenoxy) is 2. The molecular formula is C22H16F3N3O4. The summed E-state index contributed by atoms with van der Waals surface area (Å²) in [7, 11) is 0. The second-order valence-electron chi connectivity index (χ2n) is 7.11. The molecule has 7 nitrogen and oxygen atoms in total. The van der Waals surface area contributed by atoms with E-state index < -0.39 is 17.6 Å². The summed E-state index contributed by atoms with van der Waals surface area (Å²) in [5, 5.41) is 2.69. The zero-order valence-electron chi connectivity index (χ0n) is 16.5. The first-order chi connectivity index (χ1) is 15.4. The SMILES string of the molecule is O=C(Nc1nc2cc(C(F)(F)F)ccc2n1Cc1ccco1)c1ccc2c(c1)OCCO2. The number of anilines is 1. The summed E-state index contributed by atoms with van der Waals surface area (Å²) < 4.78 is 57.4. The summed E-state index contributed by atoms with van der Waals surface area (Å²) >= 11 is 0. The van der Waals surface area contributed by atoms with Crippen molar-refractivity contribution in [1.29, 1.82) is 0 Å². The fourth-order valence-electron chi connectivity index (χ4n) is 3.48. The van der Waals surface area contributed by atoms with Crippen molar-refractivity contribution < 1.29 is 31.9 Å². The van der Waals surface area contributed by atoms with E-state index in [0.717, 1.165) is 12.1 Å². The molecule has 1 N–H and O–H groups in total. The lowest BCUT2D eigenvalue weighted by atomic mass is 10.2. The minimum Gasteiger partial charge on any atom is -0.486 e. The van der Waals surface area contributed by atoms with Gasteiger partial charge in [0.1, 0.15) is 19.0 Å². The van der Waals surface area contributed by atoms with E-state index in [1.54, 1.807) is 34.9 Å². The van der Waals surface area contributed by atoms with Gasteiger partial charge in [-0.05, 0) is 48.5 Å². The number of aromatic nitrogens is 2. The number of fused-ring (bicyclic) bond motifs is 2. The van der Waals surface area contributed by atoms with Crippen LogP contribution in [0.15, 0.2) is 59.2 Å². The first-order valence-electron chi connectivity index (χ1n) is 9.69. The van der Waals surface area contributed by atoms with E-state index in [2.05, 4.69) is 10.3 Å². The van der Waals surface area contributed by atoms with Gasteiger partial charge in [0, 0.05) is 5.56 Å². The molecule has 0 radical (unpaired) electrons. The Morgan fingerprint density at radius 2 is 1.88 bits per heavy atom. The molecule has 10 heteroatoms. The number of nitrogens with one attached hydrogen (secondary N) is 1. The highest BCUT2D eigenvalue weighted by Crippen LogP contribution is 2.33. The van der Waals surface area contributed by atoms with E-state index in [1.165, 1.54) is 12.3 Å². The highest BCUT2D eigenvalue weighted by atomic mass is 19.4. The molecule has 32 heavy (non-hydrogen) atoms. The highest BCUT2D eigenvalue weighted by molar-refractivity contribution is 6.04. The molecular weight excluding hydrogens is 427 g/mol. The Bertz CT molecular complexity index is 1300. The van der Waals surface area contributed by atoms with Crippen LogP contribution in [0.1, 0.15) is 21.7 Å². The third-order valence-corrected chi connectivity index (χ3v) is 5.00. The van der Waals surface area contributed by atoms with Gasteiger partial charge in [-0.3, -0.25) is 10.1 Å². The first kappa shape index (κ1) is 20.0. The smallest absolute Gasteiger partial charge is 0.416 e. The number of alkyl halides is 3. The van der Waals surface area contributed by atoms with Crippen LogP contribution in [0.4, 0.5) is 19.1 Å². The summed E-state index contributed by atoms with van der Waals surface area (Å²) in [6.45, 7) is 0.972. The van der Waals surface area contributed by atoms with Gasteiger partial charge in [-0.1, -0.05) is 0 Å². The van der Waals surface area contributed by atoms with E-state index in [1.807, 2.05) is 0 Å². The average molecular weight is 443 g/mol. The van der Waals surface area contributed by atoms with Gasteiger partial charge in [-0.25, -0.2) is 4.98 Å². The van der Waals surface area contributed by atoms with Crippen molar-refractivity contribution in [3.05, 3.63) is 71.7 Å². The van der Waals surface area contributed by atoms with Crippen molar-refractivity contribution >= 4 is 22.9 Å². The average Bonchev–Trinajstić information content (AvgIpc) is 3.41. The Kier molecular flexibility index (Phi) is 4.76. The van der Waals surface area contributed by atoms with Crippen LogP contribution in [0.2, 0.25) is 0 Å². The lowest BCUT2D eigenvalue weighted by molar-refractivity contribution is -0.137. The van der Waals surface area contributed by atoms with Crippen molar-refractivity contribution in [1.82, 2.24) is 9.55 Å². The molecule has 4 aromatic rings. The summed E-state index contributed by atoms with van der Waals surface area (Å²) in [5.41, 5.74) is -0.00470. The molecule has 1 amide bonds. The number of hydrogen-bond acceptors (Lipinski definition) is 5. The van der Waals surface area contributed by atoms with Gasteiger partial charge in [-0.2, -0.15) is 13.2 Å². The molecule has 0 fully saturated rings. The van der Waals surface area contributed by atoms with Crippen molar-refractivity contribution in [3.8, 4) is 11.5 Å². The van der Waals surface area contributed by atoms with Crippen LogP contribution in [0.25, 0.3) is 11.0 Å². The molecule has 3 heterocycles. The predicted octanol–water partition coefficient (Wildman–Crippen LogP) is 4.72. The molecule has 1 aliphatic heterocycles. The third kappa shape index (κ3) is 3.75. The number of hydrogen-bond donors (Lipinski definition) is 1. The van der Waals surface area contributed by atoms with Gasteiger partial charge < -0.3 is 18.5 Å². The zero-order chi connectivity index (χ0) is 22.3. The van der Waals surface area contributed by atoms with Gasteiger partial charge >= 0.3 is 6.18 Å². The van der Waals surface area contributed by atoms with Crippen molar-refractivity contribution in [2.75, 3.05) is 18.5 Å². The molecule has 0 unspecified atom stereocenters. The number of rotatable bonds is 4. The molecule has 2 aromatic carbocycles. The fraction of sp³-hybridized carbons (Fsp3) is 0.182. The van der Waals surface area contributed by atoms with Gasteiger partial charge in [0.15, 0.2) is 11.5 Å². The molecule has 0 saturated heterocycles. The Labute approximate surface area is 179 Å². The van der Waals surface area contributed by atoms with Crippen LogP contribution in [0, 0.1) is 0 Å². The standard InChI is InChI=1S/C22H16F3N3O4/c23-22(24,25)14-4-5-17-16(11-14)26-21(28(17)12-15-2-1-7-30-15)27-20(29)13-3-6-18-19(10-13)32-9-8-31-18/h1-7,10-11H,8-9,12H2,(H,26,27,29). The number of amides is 1. The number of benzene rings is 2. The lowest BCUT2D eigenvalue weighted by Gasteiger charge is -2.18. The van der Waals surface area contributed by atoms with Crippen molar-refractivity contribution in [3.63, 3.8) is 0 Å². The van der Waals surface area contributed by atoms with Crippen LogP contribution in [-0.2, 0) is 12.7 Å². The fourth-order valence-corrected chi connectivity index (χ4v) is 3.48. The molecule has 1 aliphatic rings. The summed E-state index contributed by atoms with van der Waals surface area (Å²) in [5.74, 6) is 1.14. The number of carbonyl (C=O) groups excluding carboxylic acids is 1. The summed E-state index contributed by atoms with van der Waals surface area (Å²) in [6, 6.07) is 11.4. The summed E-state index contributed by atoms with van der Waals surface area (Å²) in [4.78, 5) is 17.1. The summed E-state index contributed by atoms with van der Waals surface area (Å²) in [6.07, 6.45) is -3.02. The molecule has 0 saturated carbocycles. The maximum absolute atomic E-state index is 13.2. The number of carbonyl (C=O) groups is 1. The Morgan fingerprint density at radius 3 is 2.62 bits per heavy atom.